The maximum atomic E-state index is 13.1. The van der Waals surface area contributed by atoms with Gasteiger partial charge in [0.05, 0.1) is 29.3 Å². The van der Waals surface area contributed by atoms with Gasteiger partial charge in [0.2, 0.25) is 0 Å². The molecule has 2 aromatic heterocycles. The molecule has 2 fully saturated rings. The van der Waals surface area contributed by atoms with Crippen molar-refractivity contribution in [3.63, 3.8) is 0 Å². The van der Waals surface area contributed by atoms with E-state index >= 15 is 0 Å². The monoisotopic (exact) mass is 356 g/mol. The summed E-state index contributed by atoms with van der Waals surface area (Å²) in [4.78, 5) is 17.4. The fourth-order valence-corrected chi connectivity index (χ4v) is 3.75. The van der Waals surface area contributed by atoms with Gasteiger partial charge in [0, 0.05) is 51.9 Å². The lowest BCUT2D eigenvalue weighted by Gasteiger charge is -2.35. The zero-order valence-electron chi connectivity index (χ0n) is 15.9. The molecule has 1 saturated heterocycles. The molecule has 0 N–H and O–H groups in total. The van der Waals surface area contributed by atoms with Crippen molar-refractivity contribution in [1.82, 2.24) is 24.5 Å². The zero-order valence-corrected chi connectivity index (χ0v) is 15.9. The summed E-state index contributed by atoms with van der Waals surface area (Å²) in [5, 5.41) is 8.79. The van der Waals surface area contributed by atoms with Gasteiger partial charge >= 0.3 is 0 Å². The van der Waals surface area contributed by atoms with E-state index in [-0.39, 0.29) is 5.91 Å². The molecule has 0 bridgehead atoms. The Bertz CT molecular complexity index is 780. The predicted octanol–water partition coefficient (Wildman–Crippen LogP) is 2.11. The summed E-state index contributed by atoms with van der Waals surface area (Å²) >= 11 is 0. The summed E-state index contributed by atoms with van der Waals surface area (Å²) < 4.78 is 3.89. The van der Waals surface area contributed by atoms with Gasteiger partial charge in [-0.15, -0.1) is 0 Å². The van der Waals surface area contributed by atoms with Gasteiger partial charge in [0.25, 0.3) is 5.91 Å². The highest BCUT2D eigenvalue weighted by atomic mass is 16.2. The first-order valence-electron chi connectivity index (χ1n) is 9.61. The Morgan fingerprint density at radius 2 is 1.88 bits per heavy atom. The molecular weight excluding hydrogens is 328 g/mol. The van der Waals surface area contributed by atoms with Gasteiger partial charge in [-0.3, -0.25) is 14.2 Å². The first-order chi connectivity index (χ1) is 12.5. The van der Waals surface area contributed by atoms with Crippen molar-refractivity contribution < 1.29 is 4.79 Å². The van der Waals surface area contributed by atoms with Crippen molar-refractivity contribution in [2.75, 3.05) is 31.1 Å². The number of anilines is 1. The average Bonchev–Trinajstić information content (AvgIpc) is 3.23. The lowest BCUT2D eigenvalue weighted by atomic mass is 10.1. The number of rotatable bonds is 5. The van der Waals surface area contributed by atoms with Gasteiger partial charge in [-0.1, -0.05) is 13.8 Å². The summed E-state index contributed by atoms with van der Waals surface area (Å²) in [6.45, 7) is 8.44. The quantitative estimate of drug-likeness (QED) is 0.823. The van der Waals surface area contributed by atoms with Gasteiger partial charge in [-0.05, 0) is 18.8 Å². The van der Waals surface area contributed by atoms with Gasteiger partial charge < -0.3 is 9.80 Å². The first-order valence-corrected chi connectivity index (χ1v) is 9.61. The Labute approximate surface area is 154 Å². The number of carbonyl (C=O) groups is 1. The molecule has 0 spiro atoms. The molecule has 7 nitrogen and oxygen atoms in total. The Morgan fingerprint density at radius 3 is 2.46 bits per heavy atom. The van der Waals surface area contributed by atoms with Crippen molar-refractivity contribution in [3.8, 4) is 0 Å². The lowest BCUT2D eigenvalue weighted by Crippen LogP contribution is -2.48. The van der Waals surface area contributed by atoms with Crippen LogP contribution in [0.1, 0.15) is 48.7 Å². The third-order valence-corrected chi connectivity index (χ3v) is 5.24. The minimum atomic E-state index is 0.146. The second-order valence-corrected chi connectivity index (χ2v) is 7.95. The van der Waals surface area contributed by atoms with Gasteiger partial charge in [0.15, 0.2) is 0 Å². The van der Waals surface area contributed by atoms with E-state index in [0.717, 1.165) is 44.0 Å². The van der Waals surface area contributed by atoms with Crippen molar-refractivity contribution >= 4 is 11.6 Å². The molecule has 0 aromatic carbocycles. The molecule has 1 aliphatic heterocycles. The summed E-state index contributed by atoms with van der Waals surface area (Å²) in [5.74, 6) is 1.19. The van der Waals surface area contributed by atoms with E-state index in [9.17, 15) is 4.79 Å². The van der Waals surface area contributed by atoms with Crippen LogP contribution < -0.4 is 4.90 Å². The number of aromatic nitrogens is 4. The van der Waals surface area contributed by atoms with Crippen LogP contribution in [0, 0.1) is 5.92 Å². The second kappa shape index (κ2) is 6.78. The second-order valence-electron chi connectivity index (χ2n) is 7.95. The topological polar surface area (TPSA) is 59.2 Å². The van der Waals surface area contributed by atoms with E-state index in [1.807, 2.05) is 29.0 Å². The smallest absolute Gasteiger partial charge is 0.257 e. The summed E-state index contributed by atoms with van der Waals surface area (Å²) in [6, 6.07) is 0. The third-order valence-electron chi connectivity index (χ3n) is 5.24. The molecule has 2 aliphatic rings. The number of nitrogens with zero attached hydrogens (tertiary/aromatic N) is 6. The maximum Gasteiger partial charge on any atom is 0.257 e. The lowest BCUT2D eigenvalue weighted by molar-refractivity contribution is 0.0745. The normalized spacial score (nSPS) is 18.0. The van der Waals surface area contributed by atoms with Crippen molar-refractivity contribution in [3.05, 3.63) is 29.8 Å². The molecular formula is C19H28N6O. The SMILES string of the molecule is CC(C)Cn1ncc(C(=O)N2CCN(c3cnn(C)c3)CC2)c1C1CC1. The Morgan fingerprint density at radius 1 is 1.15 bits per heavy atom. The van der Waals surface area contributed by atoms with Gasteiger partial charge in [-0.25, -0.2) is 0 Å². The highest BCUT2D eigenvalue weighted by molar-refractivity contribution is 5.95. The Balaban J connectivity index is 1.46. The maximum absolute atomic E-state index is 13.1. The minimum absolute atomic E-state index is 0.146. The van der Waals surface area contributed by atoms with Crippen LogP contribution in [-0.4, -0.2) is 56.5 Å². The fraction of sp³-hybridized carbons (Fsp3) is 0.632. The van der Waals surface area contributed by atoms with Crippen molar-refractivity contribution in [2.24, 2.45) is 13.0 Å². The van der Waals surface area contributed by atoms with Crippen LogP contribution in [-0.2, 0) is 13.6 Å². The zero-order chi connectivity index (χ0) is 18.3. The van der Waals surface area contributed by atoms with E-state index in [0.29, 0.717) is 11.8 Å². The first kappa shape index (κ1) is 17.1. The molecule has 0 atom stereocenters. The minimum Gasteiger partial charge on any atom is -0.365 e. The summed E-state index contributed by atoms with van der Waals surface area (Å²) in [6.07, 6.45) is 8.07. The summed E-state index contributed by atoms with van der Waals surface area (Å²) in [5.41, 5.74) is 3.12. The third kappa shape index (κ3) is 3.34. The number of carbonyl (C=O) groups excluding carboxylic acids is 1. The van der Waals surface area contributed by atoms with Crippen LogP contribution in [0.5, 0.6) is 0 Å². The van der Waals surface area contributed by atoms with E-state index in [1.165, 1.54) is 18.5 Å². The molecule has 1 saturated carbocycles. The molecule has 1 aliphatic carbocycles. The fourth-order valence-electron chi connectivity index (χ4n) is 3.75. The van der Waals surface area contributed by atoms with Crippen LogP contribution >= 0.6 is 0 Å². The number of amides is 1. The van der Waals surface area contributed by atoms with Crippen LogP contribution in [0.2, 0.25) is 0 Å². The molecule has 3 heterocycles. The van der Waals surface area contributed by atoms with Crippen LogP contribution in [0.15, 0.2) is 18.6 Å². The van der Waals surface area contributed by atoms with Gasteiger partial charge in [0.1, 0.15) is 0 Å². The molecule has 140 valence electrons. The standard InChI is InChI=1S/C19H28N6O/c1-14(2)12-25-18(15-4-5-15)17(11-21-25)19(26)24-8-6-23(7-9-24)16-10-20-22(3)13-16/h10-11,13-15H,4-9,12H2,1-3H3. The molecule has 4 rings (SSSR count). The number of aryl methyl sites for hydroxylation is 1. The molecule has 1 amide bonds. The number of hydrogen-bond acceptors (Lipinski definition) is 4. The van der Waals surface area contributed by atoms with E-state index in [1.54, 1.807) is 6.20 Å². The van der Waals surface area contributed by atoms with E-state index in [4.69, 9.17) is 0 Å². The highest BCUT2D eigenvalue weighted by Crippen LogP contribution is 2.42. The van der Waals surface area contributed by atoms with E-state index in [2.05, 4.69) is 33.6 Å². The van der Waals surface area contributed by atoms with Crippen LogP contribution in [0.25, 0.3) is 0 Å². The summed E-state index contributed by atoms with van der Waals surface area (Å²) in [7, 11) is 1.93. The Hall–Kier alpha value is -2.31. The average molecular weight is 356 g/mol. The predicted molar refractivity (Wildman–Crippen MR) is 100 cm³/mol. The molecule has 0 unspecified atom stereocenters. The molecule has 7 heteroatoms. The highest BCUT2D eigenvalue weighted by Gasteiger charge is 2.34. The van der Waals surface area contributed by atoms with Crippen LogP contribution in [0.4, 0.5) is 5.69 Å². The molecule has 2 aromatic rings. The number of hydrogen-bond donors (Lipinski definition) is 0. The van der Waals surface area contributed by atoms with Crippen LogP contribution in [0.3, 0.4) is 0 Å². The van der Waals surface area contributed by atoms with E-state index < -0.39 is 0 Å². The molecule has 26 heavy (non-hydrogen) atoms. The van der Waals surface area contributed by atoms with Crippen molar-refractivity contribution in [1.29, 1.82) is 0 Å². The van der Waals surface area contributed by atoms with Crippen molar-refractivity contribution in [2.45, 2.75) is 39.2 Å². The largest absolute Gasteiger partial charge is 0.365 e. The Kier molecular flexibility index (Phi) is 4.46. The van der Waals surface area contributed by atoms with Gasteiger partial charge in [-0.2, -0.15) is 10.2 Å². The number of piperazine rings is 1. The molecule has 0 radical (unpaired) electrons.